The summed E-state index contributed by atoms with van der Waals surface area (Å²) >= 11 is 0. The number of aryl methyl sites for hydroxylation is 1. The van der Waals surface area contributed by atoms with Gasteiger partial charge in [0.05, 0.1) is 25.4 Å². The number of carbonyl (C=O) groups is 1. The van der Waals surface area contributed by atoms with E-state index in [1.54, 1.807) is 6.20 Å². The fourth-order valence-corrected chi connectivity index (χ4v) is 3.00. The van der Waals surface area contributed by atoms with Gasteiger partial charge in [-0.1, -0.05) is 0 Å². The number of hydrogen-bond donors (Lipinski definition) is 0. The molecule has 1 aliphatic rings. The van der Waals surface area contributed by atoms with Gasteiger partial charge in [-0.05, 0) is 19.1 Å². The molecule has 3 rings (SSSR count). The van der Waals surface area contributed by atoms with Gasteiger partial charge in [-0.2, -0.15) is 5.10 Å². The molecule has 7 nitrogen and oxygen atoms in total. The number of nitrogens with zero attached hydrogens (tertiary/aromatic N) is 5. The molecule has 7 heteroatoms. The Morgan fingerprint density at radius 2 is 2.00 bits per heavy atom. The van der Waals surface area contributed by atoms with Crippen LogP contribution in [-0.2, 0) is 24.8 Å². The Bertz CT molecular complexity index is 690. The summed E-state index contributed by atoms with van der Waals surface area (Å²) < 4.78 is 7.19. The van der Waals surface area contributed by atoms with Crippen molar-refractivity contribution in [2.75, 3.05) is 32.8 Å². The number of pyridine rings is 1. The lowest BCUT2D eigenvalue weighted by Gasteiger charge is -2.34. The number of rotatable bonds is 6. The highest BCUT2D eigenvalue weighted by atomic mass is 16.5. The van der Waals surface area contributed by atoms with Crippen LogP contribution in [-0.4, -0.2) is 63.3 Å². The molecule has 0 aliphatic carbocycles. The molecule has 0 N–H and O–H groups in total. The molecule has 0 aromatic carbocycles. The van der Waals surface area contributed by atoms with Crippen molar-refractivity contribution in [3.05, 3.63) is 42.0 Å². The zero-order chi connectivity index (χ0) is 17.6. The molecule has 1 amide bonds. The molecule has 0 radical (unpaired) electrons. The van der Waals surface area contributed by atoms with Gasteiger partial charge in [0, 0.05) is 57.2 Å². The van der Waals surface area contributed by atoms with Gasteiger partial charge in [0.25, 0.3) is 0 Å². The third-order valence-electron chi connectivity index (χ3n) is 4.33. The maximum Gasteiger partial charge on any atom is 0.228 e. The van der Waals surface area contributed by atoms with E-state index in [0.29, 0.717) is 13.0 Å². The summed E-state index contributed by atoms with van der Waals surface area (Å²) in [6, 6.07) is 3.73. The van der Waals surface area contributed by atoms with E-state index in [-0.39, 0.29) is 5.91 Å². The maximum absolute atomic E-state index is 12.5. The minimum Gasteiger partial charge on any atom is -0.492 e. The number of ether oxygens (including phenoxy) is 1. The zero-order valence-corrected chi connectivity index (χ0v) is 14.9. The molecule has 0 bridgehead atoms. The summed E-state index contributed by atoms with van der Waals surface area (Å²) in [6.07, 6.45) is 5.96. The van der Waals surface area contributed by atoms with Gasteiger partial charge in [0.15, 0.2) is 0 Å². The first-order valence-electron chi connectivity index (χ1n) is 8.69. The second-order valence-corrected chi connectivity index (χ2v) is 6.27. The second kappa shape index (κ2) is 8.11. The van der Waals surface area contributed by atoms with E-state index in [4.69, 9.17) is 4.74 Å². The van der Waals surface area contributed by atoms with Crippen LogP contribution >= 0.6 is 0 Å². The first-order chi connectivity index (χ1) is 12.1. The van der Waals surface area contributed by atoms with E-state index in [9.17, 15) is 4.79 Å². The van der Waals surface area contributed by atoms with Gasteiger partial charge in [0.1, 0.15) is 5.75 Å². The van der Waals surface area contributed by atoms with Crippen LogP contribution in [0.4, 0.5) is 0 Å². The molecule has 0 spiro atoms. The molecular weight excluding hydrogens is 318 g/mol. The molecule has 1 aliphatic heterocycles. The first kappa shape index (κ1) is 17.4. The van der Waals surface area contributed by atoms with Crippen molar-refractivity contribution < 1.29 is 9.53 Å². The van der Waals surface area contributed by atoms with E-state index in [2.05, 4.69) is 15.0 Å². The van der Waals surface area contributed by atoms with Crippen LogP contribution in [0.1, 0.15) is 18.2 Å². The van der Waals surface area contributed by atoms with Crippen LogP contribution < -0.4 is 4.74 Å². The molecule has 3 heterocycles. The Balaban J connectivity index is 1.46. The Labute approximate surface area is 148 Å². The van der Waals surface area contributed by atoms with Crippen LogP contribution in [0.25, 0.3) is 0 Å². The van der Waals surface area contributed by atoms with Crippen molar-refractivity contribution in [2.45, 2.75) is 19.9 Å². The van der Waals surface area contributed by atoms with Crippen LogP contribution in [0.15, 0.2) is 30.7 Å². The van der Waals surface area contributed by atoms with Gasteiger partial charge >= 0.3 is 0 Å². The monoisotopic (exact) mass is 343 g/mol. The average molecular weight is 343 g/mol. The van der Waals surface area contributed by atoms with Crippen molar-refractivity contribution in [3.8, 4) is 5.75 Å². The number of carbonyl (C=O) groups excluding carboxylic acids is 1. The molecule has 0 saturated carbocycles. The van der Waals surface area contributed by atoms with Crippen LogP contribution in [0.3, 0.4) is 0 Å². The number of hydrogen-bond acceptors (Lipinski definition) is 5. The van der Waals surface area contributed by atoms with Gasteiger partial charge in [-0.15, -0.1) is 0 Å². The molecule has 1 fully saturated rings. The summed E-state index contributed by atoms with van der Waals surface area (Å²) in [5.74, 6) is 0.875. The minimum absolute atomic E-state index is 0.137. The summed E-state index contributed by atoms with van der Waals surface area (Å²) in [4.78, 5) is 21.1. The normalized spacial score (nSPS) is 15.4. The lowest BCUT2D eigenvalue weighted by atomic mass is 10.2. The van der Waals surface area contributed by atoms with Crippen molar-refractivity contribution in [2.24, 2.45) is 7.05 Å². The molecular formula is C18H25N5O2. The summed E-state index contributed by atoms with van der Waals surface area (Å²) in [7, 11) is 1.93. The predicted octanol–water partition coefficient (Wildman–Crippen LogP) is 1.10. The Hall–Kier alpha value is -2.41. The van der Waals surface area contributed by atoms with Crippen molar-refractivity contribution >= 4 is 5.91 Å². The highest BCUT2D eigenvalue weighted by Crippen LogP contribution is 2.12. The predicted molar refractivity (Wildman–Crippen MR) is 94.2 cm³/mol. The first-order valence-corrected chi connectivity index (χ1v) is 8.69. The van der Waals surface area contributed by atoms with Gasteiger partial charge in [-0.25, -0.2) is 0 Å². The Morgan fingerprint density at radius 3 is 2.60 bits per heavy atom. The Morgan fingerprint density at radius 1 is 1.20 bits per heavy atom. The summed E-state index contributed by atoms with van der Waals surface area (Å²) in [5, 5.41) is 4.20. The second-order valence-electron chi connectivity index (χ2n) is 6.27. The van der Waals surface area contributed by atoms with Crippen LogP contribution in [0, 0.1) is 0 Å². The van der Waals surface area contributed by atoms with Crippen molar-refractivity contribution in [1.82, 2.24) is 24.6 Å². The van der Waals surface area contributed by atoms with E-state index in [1.807, 2.05) is 48.1 Å². The summed E-state index contributed by atoms with van der Waals surface area (Å²) in [5.41, 5.74) is 1.99. The van der Waals surface area contributed by atoms with Crippen molar-refractivity contribution in [1.29, 1.82) is 0 Å². The highest BCUT2D eigenvalue weighted by Gasteiger charge is 2.21. The maximum atomic E-state index is 12.5. The number of piperazine rings is 1. The number of aromatic nitrogens is 3. The lowest BCUT2D eigenvalue weighted by molar-refractivity contribution is -0.132. The smallest absolute Gasteiger partial charge is 0.228 e. The van der Waals surface area contributed by atoms with Crippen LogP contribution in [0.2, 0.25) is 0 Å². The van der Waals surface area contributed by atoms with Gasteiger partial charge < -0.3 is 9.64 Å². The van der Waals surface area contributed by atoms with Crippen LogP contribution in [0.5, 0.6) is 5.75 Å². The third kappa shape index (κ3) is 4.79. The lowest BCUT2D eigenvalue weighted by Crippen LogP contribution is -2.48. The molecule has 1 saturated heterocycles. The summed E-state index contributed by atoms with van der Waals surface area (Å²) in [6.45, 7) is 6.73. The fourth-order valence-electron chi connectivity index (χ4n) is 3.00. The zero-order valence-electron chi connectivity index (χ0n) is 14.9. The Kier molecular flexibility index (Phi) is 5.65. The largest absolute Gasteiger partial charge is 0.492 e. The molecule has 0 atom stereocenters. The van der Waals surface area contributed by atoms with Gasteiger partial charge in [0.2, 0.25) is 5.91 Å². The topological polar surface area (TPSA) is 63.5 Å². The quantitative estimate of drug-likeness (QED) is 0.786. The fraction of sp³-hybridized carbons (Fsp3) is 0.500. The molecule has 134 valence electrons. The number of amides is 1. The standard InChI is InChI=1S/C18H25N5O2/c1-3-25-17-5-4-16(19-12-17)10-18(24)23-8-6-22(7-9-23)14-15-11-20-21(2)13-15/h4-5,11-13H,3,6-10,14H2,1-2H3. The van der Waals surface area contributed by atoms with E-state index in [0.717, 1.165) is 44.2 Å². The van der Waals surface area contributed by atoms with E-state index < -0.39 is 0 Å². The van der Waals surface area contributed by atoms with Gasteiger partial charge in [-0.3, -0.25) is 19.4 Å². The average Bonchev–Trinajstić information content (AvgIpc) is 3.02. The highest BCUT2D eigenvalue weighted by molar-refractivity contribution is 5.78. The van der Waals surface area contributed by atoms with Crippen molar-refractivity contribution in [3.63, 3.8) is 0 Å². The molecule has 25 heavy (non-hydrogen) atoms. The van der Waals surface area contributed by atoms with E-state index in [1.165, 1.54) is 5.56 Å². The van der Waals surface area contributed by atoms with E-state index >= 15 is 0 Å². The third-order valence-corrected chi connectivity index (χ3v) is 4.33. The minimum atomic E-state index is 0.137. The molecule has 2 aromatic rings. The molecule has 0 unspecified atom stereocenters. The molecule has 2 aromatic heterocycles. The SMILES string of the molecule is CCOc1ccc(CC(=O)N2CCN(Cc3cnn(C)c3)CC2)nc1.